The molecule has 3 nitrogen and oxygen atoms in total. The molecule has 0 aliphatic carbocycles. The molecule has 0 atom stereocenters. The van der Waals surface area contributed by atoms with Gasteiger partial charge in [0.15, 0.2) is 0 Å². The predicted molar refractivity (Wildman–Crippen MR) is 67.9 cm³/mol. The summed E-state index contributed by atoms with van der Waals surface area (Å²) < 4.78 is 1.16. The van der Waals surface area contributed by atoms with Crippen molar-refractivity contribution in [1.82, 2.24) is 10.2 Å². The van der Waals surface area contributed by atoms with Crippen LogP contribution < -0.4 is 5.32 Å². The van der Waals surface area contributed by atoms with Gasteiger partial charge in [0.25, 0.3) is 5.91 Å². The van der Waals surface area contributed by atoms with Crippen LogP contribution in [0.3, 0.4) is 0 Å². The molecule has 4 heteroatoms. The van der Waals surface area contributed by atoms with Crippen LogP contribution in [0.2, 0.25) is 0 Å². The van der Waals surface area contributed by atoms with Gasteiger partial charge in [0.05, 0.1) is 0 Å². The number of nitrogens with zero attached hydrogens (tertiary/aromatic N) is 1. The van der Waals surface area contributed by atoms with E-state index in [4.69, 9.17) is 0 Å². The van der Waals surface area contributed by atoms with Gasteiger partial charge in [-0.15, -0.1) is 0 Å². The number of halogens is 1. The summed E-state index contributed by atoms with van der Waals surface area (Å²) in [4.78, 5) is 13.9. The fraction of sp³-hybridized carbons (Fsp3) is 0.364. The second kappa shape index (κ2) is 4.94. The molecule has 0 radical (unpaired) electrons. The summed E-state index contributed by atoms with van der Waals surface area (Å²) in [5.41, 5.74) is 0.789. The van der Waals surface area contributed by atoms with Gasteiger partial charge in [0.2, 0.25) is 0 Å². The normalized spacial score (nSPS) is 16.5. The first-order valence-electron chi connectivity index (χ1n) is 5.03. The minimum atomic E-state index is 0.146. The van der Waals surface area contributed by atoms with Crippen molar-refractivity contribution in [2.75, 3.05) is 26.2 Å². The second-order valence-electron chi connectivity index (χ2n) is 3.55. The number of benzene rings is 1. The van der Waals surface area contributed by atoms with Gasteiger partial charge in [-0.05, 0) is 46.9 Å². The molecule has 1 saturated heterocycles. The van der Waals surface area contributed by atoms with Crippen molar-refractivity contribution in [3.05, 3.63) is 33.4 Å². The summed E-state index contributed by atoms with van der Waals surface area (Å²) in [7, 11) is 0. The number of piperazine rings is 1. The zero-order chi connectivity index (χ0) is 10.7. The third kappa shape index (κ3) is 2.69. The number of hydrogen-bond acceptors (Lipinski definition) is 2. The Hall–Kier alpha value is -0.620. The summed E-state index contributed by atoms with van der Waals surface area (Å²) in [5, 5.41) is 3.24. The third-order valence-electron chi connectivity index (χ3n) is 2.50. The molecule has 2 rings (SSSR count). The Morgan fingerprint density at radius 1 is 1.20 bits per heavy atom. The maximum atomic E-state index is 12.0. The molecule has 1 fully saturated rings. The van der Waals surface area contributed by atoms with E-state index >= 15 is 0 Å². The van der Waals surface area contributed by atoms with Gasteiger partial charge in [-0.3, -0.25) is 4.79 Å². The molecule has 1 N–H and O–H groups in total. The molecule has 15 heavy (non-hydrogen) atoms. The molecular formula is C11H13IN2O. The van der Waals surface area contributed by atoms with Crippen LogP contribution in [-0.4, -0.2) is 37.0 Å². The van der Waals surface area contributed by atoms with E-state index in [1.807, 2.05) is 29.2 Å². The van der Waals surface area contributed by atoms with Crippen LogP contribution >= 0.6 is 22.6 Å². The predicted octanol–water partition coefficient (Wildman–Crippen LogP) is 1.34. The number of nitrogens with one attached hydrogen (secondary N) is 1. The molecule has 80 valence electrons. The molecule has 0 saturated carbocycles. The molecule has 0 spiro atoms. The lowest BCUT2D eigenvalue weighted by Gasteiger charge is -2.27. The fourth-order valence-corrected chi connectivity index (χ4v) is 2.00. The lowest BCUT2D eigenvalue weighted by atomic mass is 10.2. The van der Waals surface area contributed by atoms with Crippen LogP contribution in [0.5, 0.6) is 0 Å². The van der Waals surface area contributed by atoms with Crippen LogP contribution in [0.15, 0.2) is 24.3 Å². The van der Waals surface area contributed by atoms with E-state index in [0.29, 0.717) is 0 Å². The topological polar surface area (TPSA) is 32.3 Å². The lowest BCUT2D eigenvalue weighted by molar-refractivity contribution is 0.0736. The average molecular weight is 316 g/mol. The highest BCUT2D eigenvalue weighted by molar-refractivity contribution is 14.1. The number of hydrogen-bond donors (Lipinski definition) is 1. The Balaban J connectivity index is 2.09. The largest absolute Gasteiger partial charge is 0.336 e. The number of amides is 1. The van der Waals surface area contributed by atoms with E-state index in [2.05, 4.69) is 27.9 Å². The van der Waals surface area contributed by atoms with Crippen molar-refractivity contribution in [2.45, 2.75) is 0 Å². The highest BCUT2D eigenvalue weighted by atomic mass is 127. The Bertz CT molecular complexity index is 344. The minimum Gasteiger partial charge on any atom is -0.336 e. The van der Waals surface area contributed by atoms with Gasteiger partial charge in [-0.25, -0.2) is 0 Å². The fourth-order valence-electron chi connectivity index (χ4n) is 1.64. The van der Waals surface area contributed by atoms with Crippen molar-refractivity contribution >= 4 is 28.5 Å². The van der Waals surface area contributed by atoms with Gasteiger partial charge in [-0.2, -0.15) is 0 Å². The van der Waals surface area contributed by atoms with E-state index in [1.165, 1.54) is 0 Å². The molecule has 0 aromatic heterocycles. The number of carbonyl (C=O) groups is 1. The highest BCUT2D eigenvalue weighted by Crippen LogP contribution is 2.09. The van der Waals surface area contributed by atoms with Crippen LogP contribution in [0, 0.1) is 3.57 Å². The Morgan fingerprint density at radius 3 is 2.40 bits per heavy atom. The monoisotopic (exact) mass is 316 g/mol. The van der Waals surface area contributed by atoms with Crippen molar-refractivity contribution in [2.24, 2.45) is 0 Å². The van der Waals surface area contributed by atoms with Crippen LogP contribution in [0.1, 0.15) is 10.4 Å². The first-order chi connectivity index (χ1) is 7.27. The molecule has 1 aliphatic rings. The molecule has 0 bridgehead atoms. The van der Waals surface area contributed by atoms with Gasteiger partial charge in [-0.1, -0.05) is 0 Å². The quantitative estimate of drug-likeness (QED) is 0.793. The Kier molecular flexibility index (Phi) is 3.58. The molecular weight excluding hydrogens is 303 g/mol. The van der Waals surface area contributed by atoms with Crippen molar-refractivity contribution in [3.8, 4) is 0 Å². The van der Waals surface area contributed by atoms with Gasteiger partial charge >= 0.3 is 0 Å². The molecule has 1 aromatic rings. The maximum absolute atomic E-state index is 12.0. The van der Waals surface area contributed by atoms with E-state index in [0.717, 1.165) is 35.3 Å². The summed E-state index contributed by atoms with van der Waals surface area (Å²) >= 11 is 2.24. The van der Waals surface area contributed by atoms with Crippen LogP contribution in [-0.2, 0) is 0 Å². The van der Waals surface area contributed by atoms with E-state index < -0.39 is 0 Å². The van der Waals surface area contributed by atoms with Gasteiger partial charge in [0.1, 0.15) is 0 Å². The average Bonchev–Trinajstić information content (AvgIpc) is 2.30. The molecule has 1 aliphatic heterocycles. The highest BCUT2D eigenvalue weighted by Gasteiger charge is 2.17. The number of carbonyl (C=O) groups excluding carboxylic acids is 1. The number of rotatable bonds is 1. The van der Waals surface area contributed by atoms with Crippen molar-refractivity contribution in [3.63, 3.8) is 0 Å². The van der Waals surface area contributed by atoms with Gasteiger partial charge in [0, 0.05) is 35.3 Å². The standard InChI is InChI=1S/C11H13IN2O/c12-10-3-1-9(2-4-10)11(15)14-7-5-13-6-8-14/h1-4,13H,5-8H2. The summed E-state index contributed by atoms with van der Waals surface area (Å²) in [6, 6.07) is 7.73. The van der Waals surface area contributed by atoms with E-state index in [-0.39, 0.29) is 5.91 Å². The first-order valence-corrected chi connectivity index (χ1v) is 6.11. The molecule has 1 heterocycles. The molecule has 1 aromatic carbocycles. The second-order valence-corrected chi connectivity index (χ2v) is 4.79. The van der Waals surface area contributed by atoms with E-state index in [1.54, 1.807) is 0 Å². The lowest BCUT2D eigenvalue weighted by Crippen LogP contribution is -2.46. The van der Waals surface area contributed by atoms with Crippen molar-refractivity contribution in [1.29, 1.82) is 0 Å². The zero-order valence-corrected chi connectivity index (χ0v) is 10.5. The SMILES string of the molecule is O=C(c1ccc(I)cc1)N1CCNCC1. The summed E-state index contributed by atoms with van der Waals surface area (Å²) in [6.45, 7) is 3.42. The van der Waals surface area contributed by atoms with Crippen LogP contribution in [0.25, 0.3) is 0 Å². The van der Waals surface area contributed by atoms with Gasteiger partial charge < -0.3 is 10.2 Å². The molecule has 1 amide bonds. The smallest absolute Gasteiger partial charge is 0.253 e. The third-order valence-corrected chi connectivity index (χ3v) is 3.21. The summed E-state index contributed by atoms with van der Waals surface area (Å²) in [6.07, 6.45) is 0. The minimum absolute atomic E-state index is 0.146. The first kappa shape index (κ1) is 10.9. The van der Waals surface area contributed by atoms with Crippen LogP contribution in [0.4, 0.5) is 0 Å². The van der Waals surface area contributed by atoms with Crippen molar-refractivity contribution < 1.29 is 4.79 Å². The maximum Gasteiger partial charge on any atom is 0.253 e. The van der Waals surface area contributed by atoms with E-state index in [9.17, 15) is 4.79 Å². The summed E-state index contributed by atoms with van der Waals surface area (Å²) in [5.74, 6) is 0.146. The Morgan fingerprint density at radius 2 is 1.80 bits per heavy atom. The molecule has 0 unspecified atom stereocenters. The zero-order valence-electron chi connectivity index (χ0n) is 8.37. The Labute approximate surface area is 103 Å².